The third-order valence-electron chi connectivity index (χ3n) is 2.13. The number of halogens is 1. The maximum absolute atomic E-state index is 5.94. The van der Waals surface area contributed by atoms with Gasteiger partial charge < -0.3 is 4.74 Å². The van der Waals surface area contributed by atoms with Gasteiger partial charge in [0.15, 0.2) is 5.06 Å². The summed E-state index contributed by atoms with van der Waals surface area (Å²) in [5.41, 5.74) is 1.19. The van der Waals surface area contributed by atoms with Gasteiger partial charge in [0.2, 0.25) is 0 Å². The molecule has 1 nitrogen and oxygen atoms in total. The lowest BCUT2D eigenvalue weighted by Gasteiger charge is -1.98. The fraction of sp³-hybridized carbons (Fsp3) is 0.273. The van der Waals surface area contributed by atoms with E-state index in [0.717, 1.165) is 10.1 Å². The zero-order chi connectivity index (χ0) is 10.1. The van der Waals surface area contributed by atoms with E-state index in [2.05, 4.69) is 6.92 Å². The summed E-state index contributed by atoms with van der Waals surface area (Å²) in [6.45, 7) is 4.78. The lowest BCUT2D eigenvalue weighted by atomic mass is 10.2. The Kier molecular flexibility index (Phi) is 2.66. The standard InChI is InChI=1S/C11H11ClOS/c1-3-13-11-7(2)9-6-8(12)4-5-10(9)14-11/h4-6H,3H2,1-2H3. The lowest BCUT2D eigenvalue weighted by Crippen LogP contribution is -1.89. The molecule has 0 radical (unpaired) electrons. The highest BCUT2D eigenvalue weighted by Crippen LogP contribution is 2.37. The summed E-state index contributed by atoms with van der Waals surface area (Å²) in [5.74, 6) is 0. The van der Waals surface area contributed by atoms with Crippen molar-refractivity contribution in [2.45, 2.75) is 13.8 Å². The number of benzene rings is 1. The highest BCUT2D eigenvalue weighted by molar-refractivity contribution is 7.21. The van der Waals surface area contributed by atoms with Gasteiger partial charge in [-0.15, -0.1) is 0 Å². The van der Waals surface area contributed by atoms with Gasteiger partial charge in [0, 0.05) is 20.7 Å². The summed E-state index contributed by atoms with van der Waals surface area (Å²) in [6.07, 6.45) is 0. The van der Waals surface area contributed by atoms with Crippen LogP contribution in [0.15, 0.2) is 18.2 Å². The lowest BCUT2D eigenvalue weighted by molar-refractivity contribution is 0.348. The molecule has 2 rings (SSSR count). The van der Waals surface area contributed by atoms with Crippen LogP contribution in [0, 0.1) is 6.92 Å². The molecule has 0 N–H and O–H groups in total. The minimum atomic E-state index is 0.710. The van der Waals surface area contributed by atoms with Crippen molar-refractivity contribution in [3.05, 3.63) is 28.8 Å². The van der Waals surface area contributed by atoms with Crippen molar-refractivity contribution >= 4 is 33.0 Å². The summed E-state index contributed by atoms with van der Waals surface area (Å²) >= 11 is 7.62. The van der Waals surface area contributed by atoms with E-state index in [1.165, 1.54) is 15.6 Å². The average Bonchev–Trinajstić information content (AvgIpc) is 2.46. The fourth-order valence-electron chi connectivity index (χ4n) is 1.44. The molecule has 0 saturated heterocycles. The zero-order valence-corrected chi connectivity index (χ0v) is 9.71. The van der Waals surface area contributed by atoms with Crippen molar-refractivity contribution in [2.75, 3.05) is 6.61 Å². The van der Waals surface area contributed by atoms with Crippen LogP contribution in [0.25, 0.3) is 10.1 Å². The van der Waals surface area contributed by atoms with E-state index in [-0.39, 0.29) is 0 Å². The number of aryl methyl sites for hydroxylation is 1. The van der Waals surface area contributed by atoms with Crippen LogP contribution in [-0.4, -0.2) is 6.61 Å². The highest BCUT2D eigenvalue weighted by atomic mass is 35.5. The first kappa shape index (κ1) is 9.81. The summed E-state index contributed by atoms with van der Waals surface area (Å²) in [6, 6.07) is 5.94. The van der Waals surface area contributed by atoms with Crippen molar-refractivity contribution < 1.29 is 4.74 Å². The Labute approximate surface area is 92.3 Å². The number of thiophene rings is 1. The van der Waals surface area contributed by atoms with Gasteiger partial charge in [-0.3, -0.25) is 0 Å². The van der Waals surface area contributed by atoms with Crippen molar-refractivity contribution in [1.82, 2.24) is 0 Å². The highest BCUT2D eigenvalue weighted by Gasteiger charge is 2.08. The molecule has 2 aromatic rings. The van der Waals surface area contributed by atoms with E-state index >= 15 is 0 Å². The van der Waals surface area contributed by atoms with Crippen LogP contribution in [0.3, 0.4) is 0 Å². The predicted molar refractivity (Wildman–Crippen MR) is 62.7 cm³/mol. The molecular formula is C11H11ClOS. The second-order valence-corrected chi connectivity index (χ2v) is 4.54. The molecule has 0 aliphatic heterocycles. The molecule has 3 heteroatoms. The smallest absolute Gasteiger partial charge is 0.177 e. The first-order chi connectivity index (χ1) is 6.72. The first-order valence-corrected chi connectivity index (χ1v) is 5.73. The quantitative estimate of drug-likeness (QED) is 0.744. The zero-order valence-electron chi connectivity index (χ0n) is 8.13. The SMILES string of the molecule is CCOc1sc2ccc(Cl)cc2c1C. The van der Waals surface area contributed by atoms with Crippen LogP contribution in [0.4, 0.5) is 0 Å². The van der Waals surface area contributed by atoms with E-state index in [0.29, 0.717) is 6.61 Å². The topological polar surface area (TPSA) is 9.23 Å². The molecule has 0 bridgehead atoms. The Morgan fingerprint density at radius 3 is 2.93 bits per heavy atom. The largest absolute Gasteiger partial charge is 0.484 e. The third-order valence-corrected chi connectivity index (χ3v) is 3.55. The van der Waals surface area contributed by atoms with E-state index in [4.69, 9.17) is 16.3 Å². The number of hydrogen-bond donors (Lipinski definition) is 0. The van der Waals surface area contributed by atoms with Crippen molar-refractivity contribution in [2.24, 2.45) is 0 Å². The molecule has 0 spiro atoms. The van der Waals surface area contributed by atoms with Crippen LogP contribution in [-0.2, 0) is 0 Å². The van der Waals surface area contributed by atoms with Crippen molar-refractivity contribution in [1.29, 1.82) is 0 Å². The average molecular weight is 227 g/mol. The van der Waals surface area contributed by atoms with Gasteiger partial charge in [-0.1, -0.05) is 22.9 Å². The Morgan fingerprint density at radius 1 is 1.43 bits per heavy atom. The van der Waals surface area contributed by atoms with E-state index in [9.17, 15) is 0 Å². The molecular weight excluding hydrogens is 216 g/mol. The maximum Gasteiger partial charge on any atom is 0.177 e. The van der Waals surface area contributed by atoms with Gasteiger partial charge >= 0.3 is 0 Å². The minimum Gasteiger partial charge on any atom is -0.484 e. The molecule has 0 saturated carbocycles. The maximum atomic E-state index is 5.94. The molecule has 0 atom stereocenters. The summed E-state index contributed by atoms with van der Waals surface area (Å²) in [7, 11) is 0. The van der Waals surface area contributed by atoms with E-state index < -0.39 is 0 Å². The van der Waals surface area contributed by atoms with Crippen LogP contribution < -0.4 is 4.74 Å². The first-order valence-electron chi connectivity index (χ1n) is 4.54. The summed E-state index contributed by atoms with van der Waals surface area (Å²) in [5, 5.41) is 2.98. The number of rotatable bonds is 2. The molecule has 0 amide bonds. The molecule has 0 aliphatic carbocycles. The van der Waals surface area contributed by atoms with Crippen molar-refractivity contribution in [3.63, 3.8) is 0 Å². The Hall–Kier alpha value is -0.730. The normalized spacial score (nSPS) is 10.8. The Bertz CT molecular complexity index is 462. The van der Waals surface area contributed by atoms with Crippen LogP contribution in [0.2, 0.25) is 5.02 Å². The van der Waals surface area contributed by atoms with Gasteiger partial charge in [-0.25, -0.2) is 0 Å². The number of hydrogen-bond acceptors (Lipinski definition) is 2. The van der Waals surface area contributed by atoms with Gasteiger partial charge in [0.05, 0.1) is 6.61 Å². The Balaban J connectivity index is 2.62. The monoisotopic (exact) mass is 226 g/mol. The van der Waals surface area contributed by atoms with E-state index in [1.807, 2.05) is 25.1 Å². The molecule has 74 valence electrons. The third kappa shape index (κ3) is 1.60. The van der Waals surface area contributed by atoms with Gasteiger partial charge in [-0.05, 0) is 32.0 Å². The molecule has 1 heterocycles. The second-order valence-electron chi connectivity index (χ2n) is 3.09. The van der Waals surface area contributed by atoms with Crippen LogP contribution >= 0.6 is 22.9 Å². The van der Waals surface area contributed by atoms with E-state index in [1.54, 1.807) is 11.3 Å². The number of fused-ring (bicyclic) bond motifs is 1. The molecule has 0 unspecified atom stereocenters. The predicted octanol–water partition coefficient (Wildman–Crippen LogP) is 4.26. The summed E-state index contributed by atoms with van der Waals surface area (Å²) < 4.78 is 6.77. The van der Waals surface area contributed by atoms with Gasteiger partial charge in [0.1, 0.15) is 0 Å². The fourth-order valence-corrected chi connectivity index (χ4v) is 2.71. The Morgan fingerprint density at radius 2 is 2.21 bits per heavy atom. The van der Waals surface area contributed by atoms with Crippen LogP contribution in [0.5, 0.6) is 5.06 Å². The second kappa shape index (κ2) is 3.79. The molecule has 1 aromatic carbocycles. The number of ether oxygens (including phenoxy) is 1. The molecule has 0 fully saturated rings. The van der Waals surface area contributed by atoms with Crippen LogP contribution in [0.1, 0.15) is 12.5 Å². The molecule has 1 aromatic heterocycles. The van der Waals surface area contributed by atoms with Gasteiger partial charge in [0.25, 0.3) is 0 Å². The molecule has 0 aliphatic rings. The van der Waals surface area contributed by atoms with Crippen molar-refractivity contribution in [3.8, 4) is 5.06 Å². The molecule has 14 heavy (non-hydrogen) atoms. The minimum absolute atomic E-state index is 0.710. The van der Waals surface area contributed by atoms with Gasteiger partial charge in [-0.2, -0.15) is 0 Å². The summed E-state index contributed by atoms with van der Waals surface area (Å²) in [4.78, 5) is 0.